The Kier molecular flexibility index (Phi) is 6.03. The van der Waals surface area contributed by atoms with E-state index in [0.717, 1.165) is 12.7 Å². The fourth-order valence-electron chi connectivity index (χ4n) is 0.214. The molecule has 0 aliphatic carbocycles. The van der Waals surface area contributed by atoms with E-state index in [1.165, 1.54) is 12.4 Å². The van der Waals surface area contributed by atoms with E-state index in [1.807, 2.05) is 0 Å². The van der Waals surface area contributed by atoms with Gasteiger partial charge in [-0.15, -0.1) is 10.2 Å². The predicted molar refractivity (Wildman–Crippen MR) is 42.3 cm³/mol. The molecule has 0 aromatic rings. The lowest BCUT2D eigenvalue weighted by Crippen LogP contribution is -1.87. The van der Waals surface area contributed by atoms with Crippen LogP contribution in [0.1, 0.15) is 0 Å². The predicted octanol–water partition coefficient (Wildman–Crippen LogP) is -1.07. The molecule has 0 amide bonds. The summed E-state index contributed by atoms with van der Waals surface area (Å²) >= 11 is 0. The van der Waals surface area contributed by atoms with Gasteiger partial charge in [0.05, 0.1) is 12.4 Å². The second-order valence-corrected chi connectivity index (χ2v) is 1.06. The van der Waals surface area contributed by atoms with E-state index < -0.39 is 0 Å². The molecule has 0 saturated carbocycles. The van der Waals surface area contributed by atoms with Gasteiger partial charge in [-0.1, -0.05) is 0 Å². The minimum Gasteiger partial charge on any atom is -0.388 e. The third-order valence-electron chi connectivity index (χ3n) is 0.467. The number of nitrogens with zero attached hydrogens (tertiary/aromatic N) is 4. The molecule has 0 rings (SSSR count). The van der Waals surface area contributed by atoms with Gasteiger partial charge in [-0.25, -0.2) is 0 Å². The molecule has 6 nitrogen and oxygen atoms in total. The van der Waals surface area contributed by atoms with E-state index in [2.05, 4.69) is 20.4 Å². The van der Waals surface area contributed by atoms with Crippen LogP contribution in [-0.2, 0) is 0 Å². The summed E-state index contributed by atoms with van der Waals surface area (Å²) in [5.41, 5.74) is 9.74. The van der Waals surface area contributed by atoms with Crippen molar-refractivity contribution >= 4 is 25.1 Å². The lowest BCUT2D eigenvalue weighted by Gasteiger charge is -1.71. The Labute approximate surface area is 58.0 Å². The Morgan fingerprint density at radius 1 is 0.700 bits per heavy atom. The molecule has 0 fully saturated rings. The maximum absolute atomic E-state index is 4.87. The molecule has 4 N–H and O–H groups in total. The molecule has 0 unspecified atom stereocenters. The average molecular weight is 140 g/mol. The van der Waals surface area contributed by atoms with Gasteiger partial charge in [-0.05, 0) is 0 Å². The van der Waals surface area contributed by atoms with Crippen LogP contribution >= 0.6 is 0 Å². The van der Waals surface area contributed by atoms with Crippen molar-refractivity contribution in [3.05, 3.63) is 0 Å². The average Bonchev–Trinajstić information content (AvgIpc) is 1.97. The van der Waals surface area contributed by atoms with Crippen LogP contribution in [0.5, 0.6) is 0 Å². The van der Waals surface area contributed by atoms with E-state index in [-0.39, 0.29) is 0 Å². The summed E-state index contributed by atoms with van der Waals surface area (Å²) in [5.74, 6) is 0. The first-order valence-corrected chi connectivity index (χ1v) is 2.43. The maximum atomic E-state index is 4.87. The molecule has 6 heteroatoms. The molecule has 0 saturated heterocycles. The van der Waals surface area contributed by atoms with E-state index >= 15 is 0 Å². The van der Waals surface area contributed by atoms with Crippen molar-refractivity contribution in [1.29, 1.82) is 0 Å². The number of nitrogens with two attached hydrogens (primary N) is 2. The molecule has 0 aliphatic rings. The first-order valence-electron chi connectivity index (χ1n) is 2.43. The monoisotopic (exact) mass is 140 g/mol. The molecule has 0 radical (unpaired) electrons. The van der Waals surface area contributed by atoms with Gasteiger partial charge >= 0.3 is 0 Å². The lowest BCUT2D eigenvalue weighted by atomic mass is 10.8. The van der Waals surface area contributed by atoms with Crippen LogP contribution in [0.4, 0.5) is 0 Å². The van der Waals surface area contributed by atoms with Crippen LogP contribution in [0, 0.1) is 0 Å². The second-order valence-electron chi connectivity index (χ2n) is 1.06. The lowest BCUT2D eigenvalue weighted by molar-refractivity contribution is 1.25. The van der Waals surface area contributed by atoms with Crippen LogP contribution in [0.25, 0.3) is 0 Å². The zero-order chi connectivity index (χ0) is 7.66. The van der Waals surface area contributed by atoms with Crippen LogP contribution < -0.4 is 11.5 Å². The van der Waals surface area contributed by atoms with Gasteiger partial charge in [-0.3, -0.25) is 0 Å². The topological polar surface area (TPSA) is 101 Å². The largest absolute Gasteiger partial charge is 0.388 e. The van der Waals surface area contributed by atoms with Gasteiger partial charge in [0.15, 0.2) is 0 Å². The summed E-state index contributed by atoms with van der Waals surface area (Å²) in [4.78, 5) is 0. The quantitative estimate of drug-likeness (QED) is 0.296. The molecule has 0 aromatic heterocycles. The molecular weight excluding hydrogens is 132 g/mol. The highest BCUT2D eigenvalue weighted by Gasteiger charge is 1.60. The van der Waals surface area contributed by atoms with Gasteiger partial charge < -0.3 is 11.5 Å². The van der Waals surface area contributed by atoms with E-state index in [4.69, 9.17) is 11.5 Å². The summed E-state index contributed by atoms with van der Waals surface area (Å²) < 4.78 is 0. The van der Waals surface area contributed by atoms with Gasteiger partial charge in [-0.2, -0.15) is 10.2 Å². The van der Waals surface area contributed by atoms with Gasteiger partial charge in [0.2, 0.25) is 0 Å². The Balaban J connectivity index is 3.51. The number of rotatable bonds is 3. The maximum Gasteiger partial charge on any atom is 0.108 e. The summed E-state index contributed by atoms with van der Waals surface area (Å²) in [6, 6.07) is 0. The minimum atomic E-state index is 1.07. The van der Waals surface area contributed by atoms with E-state index in [0.29, 0.717) is 0 Å². The van der Waals surface area contributed by atoms with Gasteiger partial charge in [0.25, 0.3) is 0 Å². The molecule has 0 bridgehead atoms. The van der Waals surface area contributed by atoms with Gasteiger partial charge in [0.1, 0.15) is 12.7 Å². The standard InChI is InChI=1S/C4H8N6/c5-3-9-7-1-2-8-10-4-6/h1-4H,(H2,5,9)(H2,6,10)/b7-1+,8-2+. The summed E-state index contributed by atoms with van der Waals surface area (Å²) in [7, 11) is 0. The summed E-state index contributed by atoms with van der Waals surface area (Å²) in [6.45, 7) is 0. The number of hydrogen-bond acceptors (Lipinski definition) is 4. The third kappa shape index (κ3) is 6.28. The van der Waals surface area contributed by atoms with Crippen molar-refractivity contribution in [2.75, 3.05) is 0 Å². The fourth-order valence-corrected chi connectivity index (χ4v) is 0.214. The molecule has 0 aromatic carbocycles. The van der Waals surface area contributed by atoms with Crippen molar-refractivity contribution in [2.45, 2.75) is 0 Å². The SMILES string of the molecule is N/C=N/N=C/C=N/N=C/N. The molecule has 10 heavy (non-hydrogen) atoms. The second kappa shape index (κ2) is 7.28. The zero-order valence-electron chi connectivity index (χ0n) is 5.25. The Bertz CT molecular complexity index is 147. The van der Waals surface area contributed by atoms with Gasteiger partial charge in [0, 0.05) is 0 Å². The molecule has 0 atom stereocenters. The van der Waals surface area contributed by atoms with Crippen LogP contribution in [0.3, 0.4) is 0 Å². The summed E-state index contributed by atoms with van der Waals surface area (Å²) in [6.07, 6.45) is 4.79. The highest BCUT2D eigenvalue weighted by atomic mass is 15.2. The van der Waals surface area contributed by atoms with Crippen molar-refractivity contribution in [1.82, 2.24) is 0 Å². The molecule has 54 valence electrons. The Hall–Kier alpha value is -1.72. The van der Waals surface area contributed by atoms with E-state index in [1.54, 1.807) is 0 Å². The fraction of sp³-hybridized carbons (Fsp3) is 0. The van der Waals surface area contributed by atoms with Crippen LogP contribution in [0.15, 0.2) is 20.4 Å². The van der Waals surface area contributed by atoms with Crippen LogP contribution in [-0.4, -0.2) is 25.1 Å². The Morgan fingerprint density at radius 2 is 1.10 bits per heavy atom. The first kappa shape index (κ1) is 8.28. The highest BCUT2D eigenvalue weighted by molar-refractivity contribution is 6.15. The molecular formula is C4H8N6. The molecule has 0 aliphatic heterocycles. The minimum absolute atomic E-state index is 1.07. The van der Waals surface area contributed by atoms with Crippen molar-refractivity contribution in [3.8, 4) is 0 Å². The first-order chi connectivity index (χ1) is 4.91. The van der Waals surface area contributed by atoms with E-state index in [9.17, 15) is 0 Å². The van der Waals surface area contributed by atoms with Crippen molar-refractivity contribution < 1.29 is 0 Å². The summed E-state index contributed by atoms with van der Waals surface area (Å²) in [5, 5.41) is 13.5. The number of hydrogen-bond donors (Lipinski definition) is 2. The molecule has 0 spiro atoms. The smallest absolute Gasteiger partial charge is 0.108 e. The zero-order valence-corrected chi connectivity index (χ0v) is 5.25. The van der Waals surface area contributed by atoms with Crippen LogP contribution in [0.2, 0.25) is 0 Å². The third-order valence-corrected chi connectivity index (χ3v) is 0.467. The van der Waals surface area contributed by atoms with Crippen molar-refractivity contribution in [3.63, 3.8) is 0 Å². The molecule has 0 heterocycles. The highest BCUT2D eigenvalue weighted by Crippen LogP contribution is 1.63. The normalized spacial score (nSPS) is 13.2. The van der Waals surface area contributed by atoms with Crippen molar-refractivity contribution in [2.24, 2.45) is 31.9 Å². The Morgan fingerprint density at radius 3 is 1.40 bits per heavy atom.